The van der Waals surface area contributed by atoms with Gasteiger partial charge in [-0.15, -0.1) is 13.2 Å². The number of aliphatic hydroxyl groups is 1. The number of benzene rings is 2. The number of alkyl halides is 3. The molecule has 0 fully saturated rings. The molecule has 0 aromatic heterocycles. The van der Waals surface area contributed by atoms with E-state index in [2.05, 4.69) is 4.74 Å². The lowest BCUT2D eigenvalue weighted by Gasteiger charge is -2.13. The highest BCUT2D eigenvalue weighted by molar-refractivity contribution is 6.34. The average molecular weight is 446 g/mol. The summed E-state index contributed by atoms with van der Waals surface area (Å²) in [5, 5.41) is 11.1. The van der Waals surface area contributed by atoms with Gasteiger partial charge in [-0.3, -0.25) is 4.99 Å². The van der Waals surface area contributed by atoms with Crippen molar-refractivity contribution in [1.29, 1.82) is 0 Å². The van der Waals surface area contributed by atoms with E-state index in [9.17, 15) is 18.3 Å². The van der Waals surface area contributed by atoms with Gasteiger partial charge in [0.1, 0.15) is 11.8 Å². The van der Waals surface area contributed by atoms with Gasteiger partial charge in [-0.25, -0.2) is 0 Å². The second-order valence-corrected chi connectivity index (χ2v) is 7.72. The maximum Gasteiger partial charge on any atom is 0.573 e. The summed E-state index contributed by atoms with van der Waals surface area (Å²) in [4.78, 5) is 4.70. The number of aliphatic imine (C=N–C) groups is 1. The fraction of sp³-hybridized carbons (Fsp3) is 0.208. The van der Waals surface area contributed by atoms with Gasteiger partial charge in [-0.1, -0.05) is 66.2 Å². The summed E-state index contributed by atoms with van der Waals surface area (Å²) < 4.78 is 41.2. The first kappa shape index (κ1) is 21.4. The van der Waals surface area contributed by atoms with E-state index in [1.807, 2.05) is 42.5 Å². The molecule has 0 bridgehead atoms. The van der Waals surface area contributed by atoms with Crippen LogP contribution in [-0.2, 0) is 4.74 Å². The summed E-state index contributed by atoms with van der Waals surface area (Å²) in [6, 6.07) is 14.5. The number of hydrogen-bond donors (Lipinski definition) is 1. The predicted molar refractivity (Wildman–Crippen MR) is 115 cm³/mol. The zero-order chi connectivity index (χ0) is 22.0. The number of halogens is 4. The molecule has 2 aliphatic rings. The molecule has 0 amide bonds. The monoisotopic (exact) mass is 445 g/mol. The highest BCUT2D eigenvalue weighted by Gasteiger charge is 2.32. The molecule has 7 heteroatoms. The van der Waals surface area contributed by atoms with Crippen molar-refractivity contribution in [2.75, 3.05) is 0 Å². The van der Waals surface area contributed by atoms with E-state index < -0.39 is 18.5 Å². The SMILES string of the molecule is OC1CC(c2ccccc2Cl)=NC1c1ccc(C2=CC=C(OC(F)(F)F)C=CC2)cc1. The van der Waals surface area contributed by atoms with E-state index in [4.69, 9.17) is 16.6 Å². The second kappa shape index (κ2) is 8.73. The van der Waals surface area contributed by atoms with Crippen molar-refractivity contribution >= 4 is 22.9 Å². The molecule has 0 saturated carbocycles. The van der Waals surface area contributed by atoms with Crippen LogP contribution in [0.25, 0.3) is 5.57 Å². The molecule has 0 radical (unpaired) electrons. The number of aliphatic hydroxyl groups excluding tert-OH is 1. The van der Waals surface area contributed by atoms with Crippen LogP contribution in [0.3, 0.4) is 0 Å². The topological polar surface area (TPSA) is 41.8 Å². The molecule has 2 aromatic carbocycles. The Hall–Kier alpha value is -2.83. The first-order chi connectivity index (χ1) is 14.8. The number of rotatable bonds is 4. The van der Waals surface area contributed by atoms with E-state index in [0.29, 0.717) is 17.9 Å². The van der Waals surface area contributed by atoms with Gasteiger partial charge in [0.05, 0.1) is 6.10 Å². The molecule has 31 heavy (non-hydrogen) atoms. The lowest BCUT2D eigenvalue weighted by Crippen LogP contribution is -2.12. The van der Waals surface area contributed by atoms with Crippen molar-refractivity contribution < 1.29 is 23.0 Å². The molecule has 2 unspecified atom stereocenters. The standard InChI is InChI=1S/C24H19ClF3NO2/c25-20-7-2-1-6-19(20)21-14-22(30)23(29-21)17-10-8-16(9-11-17)15-4-3-5-18(13-12-15)31-24(26,27)28/h1-3,5-13,22-23,30H,4,14H2. The van der Waals surface area contributed by atoms with Gasteiger partial charge < -0.3 is 9.84 Å². The molecule has 1 N–H and O–H groups in total. The van der Waals surface area contributed by atoms with E-state index in [-0.39, 0.29) is 5.76 Å². The minimum Gasteiger partial charge on any atom is -0.406 e. The molecule has 160 valence electrons. The van der Waals surface area contributed by atoms with Gasteiger partial charge in [0, 0.05) is 22.7 Å². The van der Waals surface area contributed by atoms with E-state index >= 15 is 0 Å². The third-order valence-corrected chi connectivity index (χ3v) is 5.50. The molecule has 0 spiro atoms. The van der Waals surface area contributed by atoms with Crippen LogP contribution in [0, 0.1) is 0 Å². The fourth-order valence-corrected chi connectivity index (χ4v) is 3.95. The van der Waals surface area contributed by atoms with E-state index in [1.54, 1.807) is 18.2 Å². The van der Waals surface area contributed by atoms with Crippen LogP contribution in [0.4, 0.5) is 13.2 Å². The molecule has 1 heterocycles. The zero-order valence-corrected chi connectivity index (χ0v) is 17.1. The average Bonchev–Trinajstić information content (AvgIpc) is 2.96. The summed E-state index contributed by atoms with van der Waals surface area (Å²) in [5.74, 6) is -0.255. The molecule has 1 aliphatic heterocycles. The Balaban J connectivity index is 1.53. The van der Waals surface area contributed by atoms with Crippen LogP contribution in [-0.4, -0.2) is 23.3 Å². The first-order valence-corrected chi connectivity index (χ1v) is 10.1. The predicted octanol–water partition coefficient (Wildman–Crippen LogP) is 6.40. The third-order valence-electron chi connectivity index (χ3n) is 5.17. The van der Waals surface area contributed by atoms with Crippen LogP contribution >= 0.6 is 11.6 Å². The van der Waals surface area contributed by atoms with Crippen molar-refractivity contribution in [3.05, 3.63) is 100 Å². The quantitative estimate of drug-likeness (QED) is 0.591. The smallest absolute Gasteiger partial charge is 0.406 e. The van der Waals surface area contributed by atoms with Crippen LogP contribution < -0.4 is 0 Å². The normalized spacial score (nSPS) is 21.3. The summed E-state index contributed by atoms with van der Waals surface area (Å²) in [7, 11) is 0. The number of nitrogens with zero attached hydrogens (tertiary/aromatic N) is 1. The maximum absolute atomic E-state index is 12.4. The maximum atomic E-state index is 12.4. The first-order valence-electron chi connectivity index (χ1n) is 9.73. The Morgan fingerprint density at radius 2 is 1.77 bits per heavy atom. The van der Waals surface area contributed by atoms with Gasteiger partial charge in [-0.05, 0) is 41.3 Å². The largest absolute Gasteiger partial charge is 0.573 e. The number of hydrogen-bond acceptors (Lipinski definition) is 3. The number of ether oxygens (including phenoxy) is 1. The molecule has 4 rings (SSSR count). The van der Waals surface area contributed by atoms with Crippen molar-refractivity contribution in [3.8, 4) is 0 Å². The van der Waals surface area contributed by atoms with Gasteiger partial charge in [-0.2, -0.15) is 0 Å². The minimum absolute atomic E-state index is 0.255. The third kappa shape index (κ3) is 5.09. The van der Waals surface area contributed by atoms with E-state index in [1.165, 1.54) is 12.2 Å². The molecule has 2 aromatic rings. The fourth-order valence-electron chi connectivity index (χ4n) is 3.71. The Labute approximate surface area is 182 Å². The summed E-state index contributed by atoms with van der Waals surface area (Å²) in [6.07, 6.45) is 1.38. The Bertz CT molecular complexity index is 1080. The minimum atomic E-state index is -4.72. The van der Waals surface area contributed by atoms with E-state index in [0.717, 1.165) is 28.0 Å². The highest BCUT2D eigenvalue weighted by atomic mass is 35.5. The Morgan fingerprint density at radius 3 is 2.48 bits per heavy atom. The van der Waals surface area contributed by atoms with Gasteiger partial charge in [0.25, 0.3) is 0 Å². The van der Waals surface area contributed by atoms with Crippen LogP contribution in [0.2, 0.25) is 5.02 Å². The van der Waals surface area contributed by atoms with Gasteiger partial charge in [0.2, 0.25) is 0 Å². The molecule has 0 saturated heterocycles. The van der Waals surface area contributed by atoms with Crippen molar-refractivity contribution in [1.82, 2.24) is 0 Å². The molecule has 2 atom stereocenters. The van der Waals surface area contributed by atoms with Gasteiger partial charge >= 0.3 is 6.36 Å². The van der Waals surface area contributed by atoms with Crippen LogP contribution in [0.1, 0.15) is 35.6 Å². The molecular formula is C24H19ClF3NO2. The zero-order valence-electron chi connectivity index (χ0n) is 16.3. The summed E-state index contributed by atoms with van der Waals surface area (Å²) >= 11 is 6.26. The number of allylic oxidation sites excluding steroid dienone is 5. The second-order valence-electron chi connectivity index (χ2n) is 7.31. The van der Waals surface area contributed by atoms with Crippen molar-refractivity contribution in [2.45, 2.75) is 31.3 Å². The Kier molecular flexibility index (Phi) is 6.03. The Morgan fingerprint density at radius 1 is 1.03 bits per heavy atom. The lowest BCUT2D eigenvalue weighted by atomic mass is 9.96. The van der Waals surface area contributed by atoms with Crippen molar-refractivity contribution in [3.63, 3.8) is 0 Å². The van der Waals surface area contributed by atoms with Crippen LogP contribution in [0.5, 0.6) is 0 Å². The van der Waals surface area contributed by atoms with Gasteiger partial charge in [0.15, 0.2) is 0 Å². The highest BCUT2D eigenvalue weighted by Crippen LogP contribution is 2.34. The molecule has 3 nitrogen and oxygen atoms in total. The molecule has 1 aliphatic carbocycles. The summed E-state index contributed by atoms with van der Waals surface area (Å²) in [5.41, 5.74) is 4.18. The van der Waals surface area contributed by atoms with Crippen LogP contribution in [0.15, 0.2) is 83.6 Å². The summed E-state index contributed by atoms with van der Waals surface area (Å²) in [6.45, 7) is 0. The molecular weight excluding hydrogens is 427 g/mol. The van der Waals surface area contributed by atoms with Crippen molar-refractivity contribution in [2.24, 2.45) is 4.99 Å². The lowest BCUT2D eigenvalue weighted by molar-refractivity contribution is -0.303.